The first-order valence-electron chi connectivity index (χ1n) is 10.5. The maximum atomic E-state index is 13.5. The molecule has 0 unspecified atom stereocenters. The molecule has 1 amide bonds. The number of benzene rings is 3. The van der Waals surface area contributed by atoms with Crippen molar-refractivity contribution in [2.24, 2.45) is 0 Å². The fourth-order valence-corrected chi connectivity index (χ4v) is 4.11. The van der Waals surface area contributed by atoms with Crippen molar-refractivity contribution in [1.29, 1.82) is 0 Å². The van der Waals surface area contributed by atoms with Gasteiger partial charge in [-0.25, -0.2) is 8.91 Å². The average molecular weight is 476 g/mol. The number of halogens is 2. The molecule has 2 aromatic heterocycles. The maximum Gasteiger partial charge on any atom is 0.296 e. The predicted octanol–water partition coefficient (Wildman–Crippen LogP) is 4.75. The Morgan fingerprint density at radius 2 is 1.88 bits per heavy atom. The molecule has 170 valence electrons. The lowest BCUT2D eigenvalue weighted by atomic mass is 10.2. The lowest BCUT2D eigenvalue weighted by Crippen LogP contribution is -2.24. The minimum atomic E-state index is -0.598. The molecule has 1 N–H and O–H groups in total. The molecule has 0 aliphatic heterocycles. The molecular formula is C25H19ClFN5O2. The Hall–Kier alpha value is -4.04. The highest BCUT2D eigenvalue weighted by Crippen LogP contribution is 2.20. The molecule has 5 rings (SSSR count). The topological polar surface area (TPSA) is 81.3 Å². The van der Waals surface area contributed by atoms with Crippen LogP contribution in [-0.4, -0.2) is 25.1 Å². The van der Waals surface area contributed by atoms with E-state index >= 15 is 0 Å². The summed E-state index contributed by atoms with van der Waals surface area (Å²) in [6, 6.07) is 17.0. The van der Waals surface area contributed by atoms with E-state index in [2.05, 4.69) is 15.4 Å². The van der Waals surface area contributed by atoms with Crippen molar-refractivity contribution in [2.75, 3.05) is 5.32 Å². The smallest absolute Gasteiger partial charge is 0.296 e. The summed E-state index contributed by atoms with van der Waals surface area (Å²) in [5.41, 5.74) is 3.74. The number of aryl methyl sites for hydroxylation is 2. The van der Waals surface area contributed by atoms with Crippen LogP contribution in [0.4, 0.5) is 10.1 Å². The van der Waals surface area contributed by atoms with E-state index in [1.165, 1.54) is 22.7 Å². The van der Waals surface area contributed by atoms with Crippen LogP contribution >= 0.6 is 11.6 Å². The third kappa shape index (κ3) is 3.92. The van der Waals surface area contributed by atoms with Crippen molar-refractivity contribution >= 4 is 39.9 Å². The van der Waals surface area contributed by atoms with Crippen molar-refractivity contribution in [3.8, 4) is 0 Å². The lowest BCUT2D eigenvalue weighted by molar-refractivity contribution is 0.101. The van der Waals surface area contributed by atoms with Crippen molar-refractivity contribution in [1.82, 2.24) is 19.2 Å². The van der Waals surface area contributed by atoms with Gasteiger partial charge in [-0.05, 0) is 73.0 Å². The van der Waals surface area contributed by atoms with E-state index in [9.17, 15) is 14.0 Å². The van der Waals surface area contributed by atoms with Gasteiger partial charge in [-0.15, -0.1) is 5.10 Å². The van der Waals surface area contributed by atoms with Crippen molar-refractivity contribution in [2.45, 2.75) is 20.4 Å². The summed E-state index contributed by atoms with van der Waals surface area (Å²) < 4.78 is 16.4. The standard InChI is InChI=1S/C25H19ClFN5O2/c1-14-6-9-20-21(10-14)31(13-16-4-3-5-17(26)12-16)25(34)23-29-22(30-32(20)23)24(33)28-19-8-7-18(27)11-15(19)2/h3-12H,13H2,1-2H3,(H,28,33). The Labute approximate surface area is 198 Å². The molecule has 0 saturated heterocycles. The summed E-state index contributed by atoms with van der Waals surface area (Å²) in [5.74, 6) is -1.16. The number of aromatic nitrogens is 4. The quantitative estimate of drug-likeness (QED) is 0.406. The summed E-state index contributed by atoms with van der Waals surface area (Å²) >= 11 is 6.13. The first-order valence-corrected chi connectivity index (χ1v) is 10.9. The summed E-state index contributed by atoms with van der Waals surface area (Å²) in [6.45, 7) is 3.89. The van der Waals surface area contributed by atoms with Crippen LogP contribution in [0, 0.1) is 19.7 Å². The third-order valence-electron chi connectivity index (χ3n) is 5.56. The van der Waals surface area contributed by atoms with Crippen LogP contribution in [0.5, 0.6) is 0 Å². The van der Waals surface area contributed by atoms with E-state index in [1.54, 1.807) is 23.6 Å². The monoisotopic (exact) mass is 475 g/mol. The van der Waals surface area contributed by atoms with Gasteiger partial charge in [-0.1, -0.05) is 29.8 Å². The molecule has 7 nitrogen and oxygen atoms in total. The van der Waals surface area contributed by atoms with Gasteiger partial charge in [-0.3, -0.25) is 14.2 Å². The van der Waals surface area contributed by atoms with E-state index in [0.717, 1.165) is 11.1 Å². The first kappa shape index (κ1) is 21.8. The Morgan fingerprint density at radius 3 is 2.65 bits per heavy atom. The zero-order chi connectivity index (χ0) is 24.0. The van der Waals surface area contributed by atoms with Crippen LogP contribution in [0.2, 0.25) is 5.02 Å². The minimum Gasteiger partial charge on any atom is -0.319 e. The molecule has 0 fully saturated rings. The fourth-order valence-electron chi connectivity index (χ4n) is 3.89. The SMILES string of the molecule is Cc1ccc2c(c1)n(Cc1cccc(Cl)c1)c(=O)c1nc(C(=O)Nc3ccc(F)cc3C)nn12. The zero-order valence-electron chi connectivity index (χ0n) is 18.3. The van der Waals surface area contributed by atoms with E-state index < -0.39 is 11.7 Å². The molecule has 0 saturated carbocycles. The van der Waals surface area contributed by atoms with E-state index in [-0.39, 0.29) is 23.6 Å². The van der Waals surface area contributed by atoms with Gasteiger partial charge in [-0.2, -0.15) is 4.98 Å². The molecule has 0 atom stereocenters. The number of amides is 1. The second-order valence-electron chi connectivity index (χ2n) is 8.10. The molecule has 3 aromatic carbocycles. The molecule has 0 aliphatic carbocycles. The second kappa shape index (κ2) is 8.39. The molecular weight excluding hydrogens is 457 g/mol. The Bertz CT molecular complexity index is 1660. The van der Waals surface area contributed by atoms with Gasteiger partial charge in [0.1, 0.15) is 5.82 Å². The van der Waals surface area contributed by atoms with Gasteiger partial charge < -0.3 is 5.32 Å². The number of anilines is 1. The first-order chi connectivity index (χ1) is 16.3. The Morgan fingerprint density at radius 1 is 1.06 bits per heavy atom. The number of fused-ring (bicyclic) bond motifs is 3. The summed E-state index contributed by atoms with van der Waals surface area (Å²) in [7, 11) is 0. The number of carbonyl (C=O) groups excluding carboxylic acids is 1. The Kier molecular flexibility index (Phi) is 5.37. The number of hydrogen-bond acceptors (Lipinski definition) is 4. The highest BCUT2D eigenvalue weighted by atomic mass is 35.5. The van der Waals surface area contributed by atoms with E-state index in [0.29, 0.717) is 27.3 Å². The molecule has 0 aliphatic rings. The molecule has 9 heteroatoms. The van der Waals surface area contributed by atoms with E-state index in [4.69, 9.17) is 11.6 Å². The molecule has 5 aromatic rings. The minimum absolute atomic E-state index is 0.0272. The van der Waals surface area contributed by atoms with Gasteiger partial charge in [0, 0.05) is 10.7 Å². The highest BCUT2D eigenvalue weighted by Gasteiger charge is 2.20. The predicted molar refractivity (Wildman–Crippen MR) is 129 cm³/mol. The van der Waals surface area contributed by atoms with Gasteiger partial charge in [0.05, 0.1) is 17.6 Å². The molecule has 0 spiro atoms. The van der Waals surface area contributed by atoms with Crippen LogP contribution in [0.3, 0.4) is 0 Å². The van der Waals surface area contributed by atoms with Gasteiger partial charge >= 0.3 is 0 Å². The van der Waals surface area contributed by atoms with Crippen LogP contribution < -0.4 is 10.9 Å². The van der Waals surface area contributed by atoms with Crippen molar-refractivity contribution < 1.29 is 9.18 Å². The number of nitrogens with zero attached hydrogens (tertiary/aromatic N) is 4. The van der Waals surface area contributed by atoms with Crippen molar-refractivity contribution in [3.05, 3.63) is 104 Å². The van der Waals surface area contributed by atoms with Gasteiger partial charge in [0.15, 0.2) is 0 Å². The van der Waals surface area contributed by atoms with Gasteiger partial charge in [0.2, 0.25) is 11.5 Å². The fraction of sp³-hybridized carbons (Fsp3) is 0.120. The summed E-state index contributed by atoms with van der Waals surface area (Å²) in [4.78, 5) is 30.6. The van der Waals surface area contributed by atoms with Crippen LogP contribution in [0.15, 0.2) is 65.5 Å². The zero-order valence-corrected chi connectivity index (χ0v) is 19.1. The third-order valence-corrected chi connectivity index (χ3v) is 5.80. The van der Waals surface area contributed by atoms with Crippen LogP contribution in [-0.2, 0) is 6.54 Å². The molecule has 0 bridgehead atoms. The summed E-state index contributed by atoms with van der Waals surface area (Å²) in [5, 5.41) is 7.58. The van der Waals surface area contributed by atoms with Gasteiger partial charge in [0.25, 0.3) is 11.5 Å². The number of nitrogens with one attached hydrogen (secondary N) is 1. The van der Waals surface area contributed by atoms with Crippen LogP contribution in [0.25, 0.3) is 16.7 Å². The average Bonchev–Trinajstić information content (AvgIpc) is 3.24. The second-order valence-corrected chi connectivity index (χ2v) is 8.53. The van der Waals surface area contributed by atoms with Crippen molar-refractivity contribution in [3.63, 3.8) is 0 Å². The summed E-state index contributed by atoms with van der Waals surface area (Å²) in [6.07, 6.45) is 0. The molecule has 2 heterocycles. The number of hydrogen-bond donors (Lipinski definition) is 1. The van der Waals surface area contributed by atoms with Crippen LogP contribution in [0.1, 0.15) is 27.3 Å². The highest BCUT2D eigenvalue weighted by molar-refractivity contribution is 6.30. The normalized spacial score (nSPS) is 11.3. The van der Waals surface area contributed by atoms with E-state index in [1.807, 2.05) is 37.3 Å². The molecule has 0 radical (unpaired) electrons. The number of rotatable bonds is 4. The number of carbonyl (C=O) groups is 1. The molecule has 34 heavy (non-hydrogen) atoms. The largest absolute Gasteiger partial charge is 0.319 e. The Balaban J connectivity index is 1.64. The maximum absolute atomic E-state index is 13.5. The lowest BCUT2D eigenvalue weighted by Gasteiger charge is -2.12.